The molecule has 2 heterocycles. The summed E-state index contributed by atoms with van der Waals surface area (Å²) in [5, 5.41) is 4.20. The van der Waals surface area contributed by atoms with Gasteiger partial charge in [-0.15, -0.1) is 0 Å². The van der Waals surface area contributed by atoms with E-state index in [-0.39, 0.29) is 5.56 Å². The van der Waals surface area contributed by atoms with Gasteiger partial charge < -0.3 is 15.1 Å². The molecular weight excluding hydrogens is 256 g/mol. The first-order chi connectivity index (χ1) is 9.67. The van der Waals surface area contributed by atoms with Crippen LogP contribution in [0.1, 0.15) is 25.4 Å². The number of hydrogen-bond acceptors (Lipinski definition) is 5. The maximum atomic E-state index is 12.1. The lowest BCUT2D eigenvalue weighted by Crippen LogP contribution is -2.28. The maximum Gasteiger partial charge on any atom is 0.269 e. The summed E-state index contributed by atoms with van der Waals surface area (Å²) in [4.78, 5) is 14.1. The van der Waals surface area contributed by atoms with Crippen molar-refractivity contribution in [3.05, 3.63) is 46.3 Å². The van der Waals surface area contributed by atoms with Gasteiger partial charge >= 0.3 is 0 Å². The summed E-state index contributed by atoms with van der Waals surface area (Å²) in [5.41, 5.74) is 6.19. The second kappa shape index (κ2) is 6.38. The number of furan rings is 1. The summed E-state index contributed by atoms with van der Waals surface area (Å²) >= 11 is 0. The Morgan fingerprint density at radius 2 is 2.00 bits per heavy atom. The lowest BCUT2D eigenvalue weighted by molar-refractivity contribution is 0.440. The van der Waals surface area contributed by atoms with Crippen LogP contribution in [0, 0.1) is 0 Å². The zero-order valence-corrected chi connectivity index (χ0v) is 11.9. The number of nitrogens with two attached hydrogens (primary N) is 1. The summed E-state index contributed by atoms with van der Waals surface area (Å²) in [6, 6.07) is 5.23. The Morgan fingerprint density at radius 3 is 2.55 bits per heavy atom. The van der Waals surface area contributed by atoms with E-state index >= 15 is 0 Å². The first-order valence-corrected chi connectivity index (χ1v) is 6.77. The molecule has 6 nitrogen and oxygen atoms in total. The van der Waals surface area contributed by atoms with Crippen molar-refractivity contribution >= 4 is 5.69 Å². The Labute approximate surface area is 117 Å². The minimum atomic E-state index is -0.139. The Kier molecular flexibility index (Phi) is 4.57. The second-order valence-electron chi connectivity index (χ2n) is 4.45. The van der Waals surface area contributed by atoms with E-state index in [4.69, 9.17) is 10.2 Å². The molecule has 6 heteroatoms. The van der Waals surface area contributed by atoms with Gasteiger partial charge in [-0.3, -0.25) is 4.79 Å². The summed E-state index contributed by atoms with van der Waals surface area (Å²) < 4.78 is 6.86. The van der Waals surface area contributed by atoms with Crippen LogP contribution in [-0.2, 0) is 13.1 Å². The van der Waals surface area contributed by atoms with Crippen LogP contribution in [0.5, 0.6) is 0 Å². The zero-order valence-electron chi connectivity index (χ0n) is 11.9. The predicted octanol–water partition coefficient (Wildman–Crippen LogP) is 1.19. The van der Waals surface area contributed by atoms with Gasteiger partial charge in [0.1, 0.15) is 18.1 Å². The number of hydrogen-bond donors (Lipinski definition) is 1. The molecule has 0 aliphatic carbocycles. The highest BCUT2D eigenvalue weighted by molar-refractivity contribution is 5.42. The van der Waals surface area contributed by atoms with Crippen LogP contribution in [0.3, 0.4) is 0 Å². The molecule has 0 radical (unpaired) electrons. The largest absolute Gasteiger partial charge is 0.463 e. The molecule has 2 aromatic rings. The Morgan fingerprint density at radius 1 is 1.30 bits per heavy atom. The predicted molar refractivity (Wildman–Crippen MR) is 77.8 cm³/mol. The molecule has 2 rings (SSSR count). The van der Waals surface area contributed by atoms with E-state index in [0.717, 1.165) is 18.8 Å². The van der Waals surface area contributed by atoms with E-state index < -0.39 is 0 Å². The molecule has 0 saturated heterocycles. The fraction of sp³-hybridized carbons (Fsp3) is 0.429. The van der Waals surface area contributed by atoms with Crippen molar-refractivity contribution in [3.8, 4) is 0 Å². The minimum Gasteiger partial charge on any atom is -0.463 e. The first-order valence-electron chi connectivity index (χ1n) is 6.77. The average Bonchev–Trinajstić information content (AvgIpc) is 2.91. The molecule has 0 fully saturated rings. The van der Waals surface area contributed by atoms with Gasteiger partial charge in [0.2, 0.25) is 0 Å². The second-order valence-corrected chi connectivity index (χ2v) is 4.45. The van der Waals surface area contributed by atoms with Gasteiger partial charge in [-0.25, -0.2) is 4.68 Å². The van der Waals surface area contributed by atoms with Gasteiger partial charge in [-0.05, 0) is 26.0 Å². The third kappa shape index (κ3) is 3.08. The molecule has 0 atom stereocenters. The monoisotopic (exact) mass is 276 g/mol. The SMILES string of the molecule is CCN(CC)c1cnn(Cc2ccc(CN)o2)c(=O)c1. The van der Waals surface area contributed by atoms with Crippen molar-refractivity contribution in [3.63, 3.8) is 0 Å². The molecule has 2 N–H and O–H groups in total. The van der Waals surface area contributed by atoms with Crippen molar-refractivity contribution in [2.75, 3.05) is 18.0 Å². The van der Waals surface area contributed by atoms with E-state index in [1.165, 1.54) is 4.68 Å². The molecule has 0 aliphatic heterocycles. The summed E-state index contributed by atoms with van der Waals surface area (Å²) in [7, 11) is 0. The zero-order chi connectivity index (χ0) is 14.5. The summed E-state index contributed by atoms with van der Waals surface area (Å²) in [6.45, 7) is 6.46. The molecule has 0 saturated carbocycles. The first kappa shape index (κ1) is 14.3. The molecule has 0 unspecified atom stereocenters. The highest BCUT2D eigenvalue weighted by atomic mass is 16.3. The van der Waals surface area contributed by atoms with E-state index in [1.54, 1.807) is 12.3 Å². The standard InChI is InChI=1S/C14H20N4O2/c1-3-17(4-2)11-7-14(19)18(16-9-11)10-13-6-5-12(8-15)20-13/h5-7,9H,3-4,8,10,15H2,1-2H3. The topological polar surface area (TPSA) is 77.3 Å². The van der Waals surface area contributed by atoms with Gasteiger partial charge in [-0.2, -0.15) is 5.10 Å². The molecular formula is C14H20N4O2. The molecule has 0 spiro atoms. The van der Waals surface area contributed by atoms with Crippen LogP contribution in [0.4, 0.5) is 5.69 Å². The van der Waals surface area contributed by atoms with Gasteiger partial charge in [0.25, 0.3) is 5.56 Å². The van der Waals surface area contributed by atoms with Crippen LogP contribution >= 0.6 is 0 Å². The van der Waals surface area contributed by atoms with E-state index in [9.17, 15) is 4.79 Å². The number of aromatic nitrogens is 2. The Balaban J connectivity index is 2.19. The van der Waals surface area contributed by atoms with E-state index in [2.05, 4.69) is 10.00 Å². The number of rotatable bonds is 6. The maximum absolute atomic E-state index is 12.1. The highest BCUT2D eigenvalue weighted by Gasteiger charge is 2.07. The minimum absolute atomic E-state index is 0.139. The average molecular weight is 276 g/mol. The van der Waals surface area contributed by atoms with Gasteiger partial charge in [0.15, 0.2) is 0 Å². The van der Waals surface area contributed by atoms with Crippen LogP contribution < -0.4 is 16.2 Å². The van der Waals surface area contributed by atoms with Crippen molar-refractivity contribution < 1.29 is 4.42 Å². The molecule has 0 aliphatic rings. The van der Waals surface area contributed by atoms with Crippen molar-refractivity contribution in [2.24, 2.45) is 5.73 Å². The fourth-order valence-electron chi connectivity index (χ4n) is 2.07. The molecule has 20 heavy (non-hydrogen) atoms. The van der Waals surface area contributed by atoms with Crippen molar-refractivity contribution in [2.45, 2.75) is 26.9 Å². The van der Waals surface area contributed by atoms with Gasteiger partial charge in [-0.1, -0.05) is 0 Å². The van der Waals surface area contributed by atoms with Crippen LogP contribution in [-0.4, -0.2) is 22.9 Å². The Bertz CT molecular complexity index is 614. The number of anilines is 1. The Hall–Kier alpha value is -2.08. The normalized spacial score (nSPS) is 10.8. The van der Waals surface area contributed by atoms with Crippen LogP contribution in [0.25, 0.3) is 0 Å². The van der Waals surface area contributed by atoms with Gasteiger partial charge in [0.05, 0.1) is 18.4 Å². The van der Waals surface area contributed by atoms with Crippen molar-refractivity contribution in [1.29, 1.82) is 0 Å². The van der Waals surface area contributed by atoms with Crippen molar-refractivity contribution in [1.82, 2.24) is 9.78 Å². The molecule has 0 aromatic carbocycles. The smallest absolute Gasteiger partial charge is 0.269 e. The number of nitrogens with zero attached hydrogens (tertiary/aromatic N) is 3. The molecule has 2 aromatic heterocycles. The lowest BCUT2D eigenvalue weighted by atomic mass is 10.3. The molecule has 108 valence electrons. The molecule has 0 bridgehead atoms. The van der Waals surface area contributed by atoms with E-state index in [1.807, 2.05) is 26.0 Å². The third-order valence-corrected chi connectivity index (χ3v) is 3.21. The summed E-state index contributed by atoms with van der Waals surface area (Å²) in [5.74, 6) is 1.38. The van der Waals surface area contributed by atoms with Gasteiger partial charge in [0, 0.05) is 19.2 Å². The van der Waals surface area contributed by atoms with E-state index in [0.29, 0.717) is 24.6 Å². The summed E-state index contributed by atoms with van der Waals surface area (Å²) in [6.07, 6.45) is 1.71. The lowest BCUT2D eigenvalue weighted by Gasteiger charge is -2.20. The quantitative estimate of drug-likeness (QED) is 0.857. The third-order valence-electron chi connectivity index (χ3n) is 3.21. The molecule has 0 amide bonds. The fourth-order valence-corrected chi connectivity index (χ4v) is 2.07. The van der Waals surface area contributed by atoms with Crippen LogP contribution in [0.2, 0.25) is 0 Å². The van der Waals surface area contributed by atoms with Crippen LogP contribution in [0.15, 0.2) is 33.6 Å². The highest BCUT2D eigenvalue weighted by Crippen LogP contribution is 2.10.